The molecule has 1 aromatic rings. The van der Waals surface area contributed by atoms with Crippen LogP contribution in [0.25, 0.3) is 0 Å². The predicted molar refractivity (Wildman–Crippen MR) is 105 cm³/mol. The van der Waals surface area contributed by atoms with Gasteiger partial charge in [0.25, 0.3) is 0 Å². The number of ether oxygens (including phenoxy) is 2. The zero-order valence-corrected chi connectivity index (χ0v) is 16.6. The highest BCUT2D eigenvalue weighted by atomic mass is 127. The van der Waals surface area contributed by atoms with Gasteiger partial charge in [0.15, 0.2) is 5.96 Å². The Labute approximate surface area is 156 Å². The van der Waals surface area contributed by atoms with Gasteiger partial charge in [0.05, 0.1) is 13.2 Å². The fourth-order valence-electron chi connectivity index (χ4n) is 2.85. The minimum absolute atomic E-state index is 0. The summed E-state index contributed by atoms with van der Waals surface area (Å²) in [7, 11) is 3.60. The van der Waals surface area contributed by atoms with Gasteiger partial charge in [0.2, 0.25) is 0 Å². The van der Waals surface area contributed by atoms with Gasteiger partial charge in [-0.25, -0.2) is 0 Å². The third-order valence-corrected chi connectivity index (χ3v) is 3.91. The van der Waals surface area contributed by atoms with Crippen molar-refractivity contribution in [1.29, 1.82) is 0 Å². The Kier molecular flexibility index (Phi) is 9.31. The Morgan fingerprint density at radius 2 is 2.17 bits per heavy atom. The number of likely N-dealkylation sites (tertiary alicyclic amines) is 1. The van der Waals surface area contributed by atoms with Crippen LogP contribution < -0.4 is 10.1 Å². The van der Waals surface area contributed by atoms with Crippen LogP contribution in [0, 0.1) is 5.92 Å². The van der Waals surface area contributed by atoms with E-state index in [-0.39, 0.29) is 24.0 Å². The van der Waals surface area contributed by atoms with Crippen LogP contribution in [0.1, 0.15) is 18.9 Å². The summed E-state index contributed by atoms with van der Waals surface area (Å²) < 4.78 is 10.9. The third kappa shape index (κ3) is 5.84. The van der Waals surface area contributed by atoms with Crippen LogP contribution in [0.4, 0.5) is 0 Å². The molecule has 0 radical (unpaired) electrons. The topological polar surface area (TPSA) is 46.1 Å². The molecule has 5 nitrogen and oxygen atoms in total. The highest BCUT2D eigenvalue weighted by Crippen LogP contribution is 2.19. The Morgan fingerprint density at radius 1 is 1.39 bits per heavy atom. The second-order valence-electron chi connectivity index (χ2n) is 5.50. The summed E-state index contributed by atoms with van der Waals surface area (Å²) in [5, 5.41) is 3.44. The summed E-state index contributed by atoms with van der Waals surface area (Å²) in [4.78, 5) is 6.70. The molecule has 1 atom stereocenters. The van der Waals surface area contributed by atoms with Crippen molar-refractivity contribution in [3.63, 3.8) is 0 Å². The molecule has 1 heterocycles. The van der Waals surface area contributed by atoms with E-state index in [0.29, 0.717) is 19.1 Å². The van der Waals surface area contributed by atoms with E-state index in [1.54, 1.807) is 7.11 Å². The average molecular weight is 433 g/mol. The summed E-state index contributed by atoms with van der Waals surface area (Å²) in [6, 6.07) is 8.13. The van der Waals surface area contributed by atoms with Gasteiger partial charge >= 0.3 is 0 Å². The van der Waals surface area contributed by atoms with E-state index in [2.05, 4.69) is 21.3 Å². The van der Waals surface area contributed by atoms with Gasteiger partial charge in [0.1, 0.15) is 5.75 Å². The quantitative estimate of drug-likeness (QED) is 0.426. The zero-order chi connectivity index (χ0) is 15.8. The number of halogens is 1. The van der Waals surface area contributed by atoms with E-state index in [9.17, 15) is 0 Å². The van der Waals surface area contributed by atoms with Crippen LogP contribution in [0.15, 0.2) is 29.3 Å². The van der Waals surface area contributed by atoms with Crippen molar-refractivity contribution in [1.82, 2.24) is 10.2 Å². The molecule has 1 aliphatic heterocycles. The molecule has 1 N–H and O–H groups in total. The predicted octanol–water partition coefficient (Wildman–Crippen LogP) is 2.75. The molecule has 2 rings (SSSR count). The highest BCUT2D eigenvalue weighted by molar-refractivity contribution is 14.0. The molecule has 0 spiro atoms. The molecule has 0 saturated carbocycles. The number of aliphatic imine (C=N–C) groups is 1. The van der Waals surface area contributed by atoms with Gasteiger partial charge in [-0.05, 0) is 19.4 Å². The van der Waals surface area contributed by atoms with Crippen molar-refractivity contribution in [3.05, 3.63) is 29.8 Å². The molecule has 1 unspecified atom stereocenters. The first-order valence-electron chi connectivity index (χ1n) is 7.93. The van der Waals surface area contributed by atoms with Crippen molar-refractivity contribution in [3.8, 4) is 5.75 Å². The Balaban J connectivity index is 0.00000264. The molecule has 0 bridgehead atoms. The fraction of sp³-hybridized carbons (Fsp3) is 0.588. The van der Waals surface area contributed by atoms with Crippen LogP contribution in [-0.4, -0.2) is 51.3 Å². The average Bonchev–Trinajstić information content (AvgIpc) is 2.99. The van der Waals surface area contributed by atoms with Gasteiger partial charge in [-0.15, -0.1) is 24.0 Å². The van der Waals surface area contributed by atoms with Gasteiger partial charge in [-0.1, -0.05) is 18.2 Å². The number of methoxy groups -OCH3 is 1. The fourth-order valence-corrected chi connectivity index (χ4v) is 2.85. The molecule has 0 aromatic heterocycles. The maximum atomic E-state index is 5.67. The van der Waals surface area contributed by atoms with Crippen LogP contribution >= 0.6 is 24.0 Å². The lowest BCUT2D eigenvalue weighted by Crippen LogP contribution is -2.39. The maximum Gasteiger partial charge on any atom is 0.193 e. The van der Waals surface area contributed by atoms with Crippen molar-refractivity contribution < 1.29 is 9.47 Å². The second kappa shape index (κ2) is 10.7. The summed E-state index contributed by atoms with van der Waals surface area (Å²) in [6.07, 6.45) is 1.16. The Bertz CT molecular complexity index is 496. The largest absolute Gasteiger partial charge is 0.494 e. The molecule has 1 saturated heterocycles. The highest BCUT2D eigenvalue weighted by Gasteiger charge is 2.24. The molecule has 1 aliphatic rings. The number of para-hydroxylation sites is 1. The van der Waals surface area contributed by atoms with Crippen molar-refractivity contribution in [2.24, 2.45) is 10.9 Å². The summed E-state index contributed by atoms with van der Waals surface area (Å²) in [5.41, 5.74) is 1.15. The SMILES string of the molecule is CCOc1ccccc1CNC(=NC)N1CCC(COC)C1.I. The van der Waals surface area contributed by atoms with E-state index in [1.807, 2.05) is 32.2 Å². The van der Waals surface area contributed by atoms with Crippen molar-refractivity contribution in [2.75, 3.05) is 40.5 Å². The Morgan fingerprint density at radius 3 is 2.87 bits per heavy atom. The van der Waals surface area contributed by atoms with Crippen LogP contribution in [0.2, 0.25) is 0 Å². The molecular weight excluding hydrogens is 405 g/mol. The van der Waals surface area contributed by atoms with Crippen LogP contribution in [0.3, 0.4) is 0 Å². The van der Waals surface area contributed by atoms with E-state index < -0.39 is 0 Å². The second-order valence-corrected chi connectivity index (χ2v) is 5.50. The molecule has 0 aliphatic carbocycles. The van der Waals surface area contributed by atoms with Gasteiger partial charge < -0.3 is 19.7 Å². The minimum atomic E-state index is 0. The standard InChI is InChI=1S/C17H27N3O2.HI/c1-4-22-16-8-6-5-7-15(16)11-19-17(18-2)20-10-9-14(12-20)13-21-3;/h5-8,14H,4,9-13H2,1-3H3,(H,18,19);1H. The first kappa shape index (κ1) is 20.0. The number of rotatable bonds is 6. The number of hydrogen-bond donors (Lipinski definition) is 1. The lowest BCUT2D eigenvalue weighted by molar-refractivity contribution is 0.157. The monoisotopic (exact) mass is 433 g/mol. The maximum absolute atomic E-state index is 5.67. The molecule has 0 amide bonds. The van der Waals surface area contributed by atoms with E-state index in [0.717, 1.165) is 43.4 Å². The molecule has 1 aromatic carbocycles. The van der Waals surface area contributed by atoms with Gasteiger partial charge in [-0.3, -0.25) is 4.99 Å². The lowest BCUT2D eigenvalue weighted by Gasteiger charge is -2.22. The minimum Gasteiger partial charge on any atom is -0.494 e. The molecule has 6 heteroatoms. The van der Waals surface area contributed by atoms with Crippen LogP contribution in [0.5, 0.6) is 5.75 Å². The lowest BCUT2D eigenvalue weighted by atomic mass is 10.1. The van der Waals surface area contributed by atoms with E-state index in [4.69, 9.17) is 9.47 Å². The smallest absolute Gasteiger partial charge is 0.193 e. The zero-order valence-electron chi connectivity index (χ0n) is 14.2. The van der Waals surface area contributed by atoms with E-state index in [1.165, 1.54) is 0 Å². The number of nitrogens with one attached hydrogen (secondary N) is 1. The number of benzene rings is 1. The summed E-state index contributed by atoms with van der Waals surface area (Å²) in [6.45, 7) is 6.25. The van der Waals surface area contributed by atoms with Crippen molar-refractivity contribution in [2.45, 2.75) is 19.9 Å². The molecule has 130 valence electrons. The van der Waals surface area contributed by atoms with E-state index >= 15 is 0 Å². The molecular formula is C17H28IN3O2. The third-order valence-electron chi connectivity index (χ3n) is 3.91. The summed E-state index contributed by atoms with van der Waals surface area (Å²) in [5.74, 6) is 2.48. The number of hydrogen-bond acceptors (Lipinski definition) is 3. The number of guanidine groups is 1. The first-order chi connectivity index (χ1) is 10.8. The first-order valence-corrected chi connectivity index (χ1v) is 7.93. The molecule has 23 heavy (non-hydrogen) atoms. The van der Waals surface area contributed by atoms with Gasteiger partial charge in [-0.2, -0.15) is 0 Å². The summed E-state index contributed by atoms with van der Waals surface area (Å²) >= 11 is 0. The van der Waals surface area contributed by atoms with Crippen LogP contribution in [-0.2, 0) is 11.3 Å². The Hall–Kier alpha value is -1.02. The van der Waals surface area contributed by atoms with Crippen molar-refractivity contribution >= 4 is 29.9 Å². The normalized spacial score (nSPS) is 17.8. The molecule has 1 fully saturated rings. The van der Waals surface area contributed by atoms with Gasteiger partial charge in [0, 0.05) is 45.3 Å². The number of nitrogens with zero attached hydrogens (tertiary/aromatic N) is 2.